The van der Waals surface area contributed by atoms with Crippen LogP contribution in [0, 0.1) is 5.82 Å². The first-order chi connectivity index (χ1) is 15.8. The molecule has 32 heavy (non-hydrogen) atoms. The number of rotatable bonds is 10. The van der Waals surface area contributed by atoms with E-state index in [1.807, 2.05) is 24.5 Å². The standard InChI is InChI=1S/C28H34FN3/c1-2-3-4-5-6-8-19-32-20-9-7-10-26(32)25-21-31-28(23-11-13-24(29)14-12-23)27(25)22-15-17-30-18-16-22/h7,9,11-18,21,26,31H,2-6,8,10,19-20H2,1H3. The lowest BCUT2D eigenvalue weighted by Crippen LogP contribution is -2.32. The summed E-state index contributed by atoms with van der Waals surface area (Å²) in [5.41, 5.74) is 5.70. The molecule has 0 radical (unpaired) electrons. The summed E-state index contributed by atoms with van der Waals surface area (Å²) in [6.45, 7) is 4.38. The van der Waals surface area contributed by atoms with Crippen LogP contribution >= 0.6 is 0 Å². The smallest absolute Gasteiger partial charge is 0.123 e. The zero-order valence-electron chi connectivity index (χ0n) is 19.1. The second kappa shape index (κ2) is 11.2. The Bertz CT molecular complexity index is 991. The van der Waals surface area contributed by atoms with E-state index in [9.17, 15) is 4.39 Å². The molecule has 4 rings (SSSR count). The molecule has 0 fully saturated rings. The zero-order valence-corrected chi connectivity index (χ0v) is 19.1. The van der Waals surface area contributed by atoms with Crippen LogP contribution in [-0.4, -0.2) is 28.0 Å². The highest BCUT2D eigenvalue weighted by atomic mass is 19.1. The number of aromatic amines is 1. The van der Waals surface area contributed by atoms with Crippen molar-refractivity contribution in [1.29, 1.82) is 0 Å². The maximum Gasteiger partial charge on any atom is 0.123 e. The molecule has 3 nitrogen and oxygen atoms in total. The molecule has 168 valence electrons. The maximum absolute atomic E-state index is 13.6. The van der Waals surface area contributed by atoms with Crippen molar-refractivity contribution in [2.75, 3.05) is 13.1 Å². The third-order valence-electron chi connectivity index (χ3n) is 6.48. The number of halogens is 1. The topological polar surface area (TPSA) is 31.9 Å². The molecule has 1 N–H and O–H groups in total. The number of nitrogens with zero attached hydrogens (tertiary/aromatic N) is 2. The van der Waals surface area contributed by atoms with Gasteiger partial charge < -0.3 is 4.98 Å². The summed E-state index contributed by atoms with van der Waals surface area (Å²) in [6, 6.07) is 11.2. The molecule has 0 aliphatic carbocycles. The van der Waals surface area contributed by atoms with Crippen molar-refractivity contribution in [3.63, 3.8) is 0 Å². The van der Waals surface area contributed by atoms with E-state index in [2.05, 4.69) is 52.3 Å². The molecule has 0 bridgehead atoms. The highest BCUT2D eigenvalue weighted by Crippen LogP contribution is 2.41. The van der Waals surface area contributed by atoms with Crippen molar-refractivity contribution in [3.05, 3.63) is 78.5 Å². The molecule has 2 aromatic heterocycles. The predicted octanol–water partition coefficient (Wildman–Crippen LogP) is 7.55. The summed E-state index contributed by atoms with van der Waals surface area (Å²) in [5, 5.41) is 0. The van der Waals surface area contributed by atoms with Gasteiger partial charge in [-0.05, 0) is 72.5 Å². The van der Waals surface area contributed by atoms with Gasteiger partial charge in [-0.15, -0.1) is 0 Å². The van der Waals surface area contributed by atoms with Crippen LogP contribution in [0.3, 0.4) is 0 Å². The Morgan fingerprint density at radius 2 is 1.69 bits per heavy atom. The molecule has 0 saturated heterocycles. The fourth-order valence-corrected chi connectivity index (χ4v) is 4.75. The minimum atomic E-state index is -0.214. The van der Waals surface area contributed by atoms with Gasteiger partial charge in [0, 0.05) is 36.7 Å². The largest absolute Gasteiger partial charge is 0.360 e. The van der Waals surface area contributed by atoms with E-state index in [1.54, 1.807) is 0 Å². The third-order valence-corrected chi connectivity index (χ3v) is 6.48. The van der Waals surface area contributed by atoms with Gasteiger partial charge in [-0.3, -0.25) is 9.88 Å². The number of hydrogen-bond donors (Lipinski definition) is 1. The lowest BCUT2D eigenvalue weighted by atomic mass is 9.91. The third kappa shape index (κ3) is 5.36. The molecule has 4 heteroatoms. The molecule has 1 unspecified atom stereocenters. The van der Waals surface area contributed by atoms with Crippen LogP contribution in [-0.2, 0) is 0 Å². The summed E-state index contributed by atoms with van der Waals surface area (Å²) in [4.78, 5) is 10.4. The first-order valence-corrected chi connectivity index (χ1v) is 12.0. The van der Waals surface area contributed by atoms with E-state index >= 15 is 0 Å². The Hall–Kier alpha value is -2.72. The minimum absolute atomic E-state index is 0.214. The fraction of sp³-hybridized carbons (Fsp3) is 0.393. The predicted molar refractivity (Wildman–Crippen MR) is 131 cm³/mol. The minimum Gasteiger partial charge on any atom is -0.360 e. The summed E-state index contributed by atoms with van der Waals surface area (Å²) in [7, 11) is 0. The molecule has 0 spiro atoms. The van der Waals surface area contributed by atoms with Gasteiger partial charge in [-0.25, -0.2) is 4.39 Å². The van der Waals surface area contributed by atoms with Crippen molar-refractivity contribution >= 4 is 0 Å². The van der Waals surface area contributed by atoms with E-state index < -0.39 is 0 Å². The fourth-order valence-electron chi connectivity index (χ4n) is 4.75. The van der Waals surface area contributed by atoms with Crippen molar-refractivity contribution in [2.24, 2.45) is 0 Å². The first kappa shape index (κ1) is 22.5. The van der Waals surface area contributed by atoms with Crippen molar-refractivity contribution in [1.82, 2.24) is 14.9 Å². The van der Waals surface area contributed by atoms with Gasteiger partial charge in [0.25, 0.3) is 0 Å². The van der Waals surface area contributed by atoms with Crippen molar-refractivity contribution < 1.29 is 4.39 Å². The number of nitrogens with one attached hydrogen (secondary N) is 1. The normalized spacial score (nSPS) is 16.5. The van der Waals surface area contributed by atoms with E-state index in [4.69, 9.17) is 0 Å². The number of H-pyrrole nitrogens is 1. The average Bonchev–Trinajstić information content (AvgIpc) is 3.27. The number of hydrogen-bond acceptors (Lipinski definition) is 2. The lowest BCUT2D eigenvalue weighted by molar-refractivity contribution is 0.206. The molecule has 0 saturated carbocycles. The molecule has 1 aliphatic heterocycles. The molecule has 0 amide bonds. The molecule has 1 aliphatic rings. The summed E-state index contributed by atoms with van der Waals surface area (Å²) >= 11 is 0. The molecular formula is C28H34FN3. The number of unbranched alkanes of at least 4 members (excludes halogenated alkanes) is 5. The van der Waals surface area contributed by atoms with Crippen LogP contribution < -0.4 is 0 Å². The van der Waals surface area contributed by atoms with Crippen LogP contribution in [0.25, 0.3) is 22.4 Å². The van der Waals surface area contributed by atoms with E-state index in [0.29, 0.717) is 6.04 Å². The van der Waals surface area contributed by atoms with Gasteiger partial charge in [0.15, 0.2) is 0 Å². The van der Waals surface area contributed by atoms with Crippen molar-refractivity contribution in [2.45, 2.75) is 57.9 Å². The Balaban J connectivity index is 1.61. The molecule has 3 heterocycles. The molecule has 3 aromatic rings. The monoisotopic (exact) mass is 431 g/mol. The van der Waals surface area contributed by atoms with Crippen LogP contribution in [0.1, 0.15) is 63.5 Å². The van der Waals surface area contributed by atoms with Crippen LogP contribution in [0.4, 0.5) is 4.39 Å². The van der Waals surface area contributed by atoms with E-state index in [-0.39, 0.29) is 5.82 Å². The SMILES string of the molecule is CCCCCCCCN1CC=CCC1c1c[nH]c(-c2ccc(F)cc2)c1-c1ccncc1. The second-order valence-corrected chi connectivity index (χ2v) is 8.72. The van der Waals surface area contributed by atoms with Gasteiger partial charge >= 0.3 is 0 Å². The van der Waals surface area contributed by atoms with Crippen LogP contribution in [0.15, 0.2) is 67.1 Å². The van der Waals surface area contributed by atoms with E-state index in [1.165, 1.54) is 61.8 Å². The quantitative estimate of drug-likeness (QED) is 0.265. The Morgan fingerprint density at radius 3 is 2.47 bits per heavy atom. The van der Waals surface area contributed by atoms with Crippen LogP contribution in [0.5, 0.6) is 0 Å². The van der Waals surface area contributed by atoms with Gasteiger partial charge in [0.2, 0.25) is 0 Å². The first-order valence-electron chi connectivity index (χ1n) is 12.0. The van der Waals surface area contributed by atoms with E-state index in [0.717, 1.165) is 36.3 Å². The molecule has 1 aromatic carbocycles. The Labute approximate surface area is 191 Å². The maximum atomic E-state index is 13.6. The lowest BCUT2D eigenvalue weighted by Gasteiger charge is -2.33. The Morgan fingerprint density at radius 1 is 0.938 bits per heavy atom. The summed E-state index contributed by atoms with van der Waals surface area (Å²) in [6.07, 6.45) is 19.3. The van der Waals surface area contributed by atoms with Crippen LogP contribution in [0.2, 0.25) is 0 Å². The van der Waals surface area contributed by atoms with Gasteiger partial charge in [0.05, 0.1) is 5.69 Å². The van der Waals surface area contributed by atoms with Gasteiger partial charge in [-0.2, -0.15) is 0 Å². The molecule has 1 atom stereocenters. The zero-order chi connectivity index (χ0) is 22.2. The van der Waals surface area contributed by atoms with Gasteiger partial charge in [-0.1, -0.05) is 51.2 Å². The average molecular weight is 432 g/mol. The Kier molecular flexibility index (Phi) is 7.89. The second-order valence-electron chi connectivity index (χ2n) is 8.72. The molecular weight excluding hydrogens is 397 g/mol. The number of pyridine rings is 1. The number of benzene rings is 1. The highest BCUT2D eigenvalue weighted by Gasteiger charge is 2.27. The van der Waals surface area contributed by atoms with Crippen molar-refractivity contribution in [3.8, 4) is 22.4 Å². The highest BCUT2D eigenvalue weighted by molar-refractivity contribution is 5.84. The summed E-state index contributed by atoms with van der Waals surface area (Å²) in [5.74, 6) is -0.214. The number of aromatic nitrogens is 2. The van der Waals surface area contributed by atoms with Gasteiger partial charge in [0.1, 0.15) is 5.82 Å². The summed E-state index contributed by atoms with van der Waals surface area (Å²) < 4.78 is 13.6.